The summed E-state index contributed by atoms with van der Waals surface area (Å²) < 4.78 is 7.50. The molecule has 0 radical (unpaired) electrons. The van der Waals surface area contributed by atoms with Crippen LogP contribution < -0.4 is 5.73 Å². The molecule has 4 heteroatoms. The predicted octanol–water partition coefficient (Wildman–Crippen LogP) is 2.48. The average molecular weight is 243 g/mol. The SMILES string of the molecule is Nc1cccc(-c2cnn(C3CCCOC3)c2)c1. The van der Waals surface area contributed by atoms with E-state index in [1.54, 1.807) is 0 Å². The molecule has 2 aromatic rings. The van der Waals surface area contributed by atoms with E-state index in [-0.39, 0.29) is 0 Å². The molecule has 0 bridgehead atoms. The maximum atomic E-state index is 5.80. The molecule has 1 fully saturated rings. The van der Waals surface area contributed by atoms with Gasteiger partial charge in [0.1, 0.15) is 0 Å². The maximum Gasteiger partial charge on any atom is 0.0753 e. The standard InChI is InChI=1S/C14H17N3O/c15-13-4-1-3-11(7-13)12-8-16-17(9-12)14-5-2-6-18-10-14/h1,3-4,7-9,14H,2,5-6,10,15H2. The number of aromatic nitrogens is 2. The molecule has 0 amide bonds. The van der Waals surface area contributed by atoms with E-state index in [4.69, 9.17) is 10.5 Å². The first-order valence-corrected chi connectivity index (χ1v) is 6.31. The zero-order chi connectivity index (χ0) is 12.4. The van der Waals surface area contributed by atoms with E-state index in [1.165, 1.54) is 0 Å². The molecule has 0 spiro atoms. The van der Waals surface area contributed by atoms with Crippen LogP contribution in [0, 0.1) is 0 Å². The van der Waals surface area contributed by atoms with Crippen LogP contribution >= 0.6 is 0 Å². The lowest BCUT2D eigenvalue weighted by Crippen LogP contribution is -2.21. The summed E-state index contributed by atoms with van der Waals surface area (Å²) in [5.41, 5.74) is 8.79. The number of nitrogens with zero attached hydrogens (tertiary/aromatic N) is 2. The fourth-order valence-electron chi connectivity index (χ4n) is 2.34. The molecule has 1 atom stereocenters. The summed E-state index contributed by atoms with van der Waals surface area (Å²) in [6.07, 6.45) is 6.22. The Balaban J connectivity index is 1.84. The van der Waals surface area contributed by atoms with Crippen molar-refractivity contribution in [1.29, 1.82) is 0 Å². The molecule has 0 aliphatic carbocycles. The third kappa shape index (κ3) is 2.24. The molecule has 1 aliphatic rings. The van der Waals surface area contributed by atoms with Crippen molar-refractivity contribution in [1.82, 2.24) is 9.78 Å². The second-order valence-electron chi connectivity index (χ2n) is 4.71. The van der Waals surface area contributed by atoms with Gasteiger partial charge in [-0.3, -0.25) is 4.68 Å². The molecule has 1 aromatic carbocycles. The number of rotatable bonds is 2. The Kier molecular flexibility index (Phi) is 3.02. The topological polar surface area (TPSA) is 53.1 Å². The molecule has 1 aromatic heterocycles. The lowest BCUT2D eigenvalue weighted by molar-refractivity contribution is 0.0549. The van der Waals surface area contributed by atoms with Gasteiger partial charge in [-0.25, -0.2) is 0 Å². The highest BCUT2D eigenvalue weighted by atomic mass is 16.5. The van der Waals surface area contributed by atoms with Gasteiger partial charge in [0.2, 0.25) is 0 Å². The quantitative estimate of drug-likeness (QED) is 0.824. The van der Waals surface area contributed by atoms with Gasteiger partial charge >= 0.3 is 0 Å². The van der Waals surface area contributed by atoms with Crippen molar-refractivity contribution in [2.24, 2.45) is 0 Å². The minimum atomic E-state index is 0.369. The van der Waals surface area contributed by atoms with E-state index in [2.05, 4.69) is 17.4 Å². The van der Waals surface area contributed by atoms with Crippen LogP contribution in [0.25, 0.3) is 11.1 Å². The fraction of sp³-hybridized carbons (Fsp3) is 0.357. The number of anilines is 1. The largest absolute Gasteiger partial charge is 0.399 e. The summed E-state index contributed by atoms with van der Waals surface area (Å²) in [5.74, 6) is 0. The minimum absolute atomic E-state index is 0.369. The Morgan fingerprint density at radius 2 is 2.28 bits per heavy atom. The van der Waals surface area contributed by atoms with Crippen molar-refractivity contribution in [3.63, 3.8) is 0 Å². The van der Waals surface area contributed by atoms with Gasteiger partial charge in [0, 0.05) is 24.1 Å². The van der Waals surface area contributed by atoms with Crippen molar-refractivity contribution in [2.75, 3.05) is 18.9 Å². The van der Waals surface area contributed by atoms with Gasteiger partial charge in [-0.1, -0.05) is 12.1 Å². The molecule has 4 nitrogen and oxygen atoms in total. The first-order chi connectivity index (χ1) is 8.83. The fourth-order valence-corrected chi connectivity index (χ4v) is 2.34. The third-order valence-corrected chi connectivity index (χ3v) is 3.33. The van der Waals surface area contributed by atoms with E-state index in [0.717, 1.165) is 42.9 Å². The highest BCUT2D eigenvalue weighted by Crippen LogP contribution is 2.24. The summed E-state index contributed by atoms with van der Waals surface area (Å²) in [7, 11) is 0. The average Bonchev–Trinajstić information content (AvgIpc) is 2.89. The molecular formula is C14H17N3O. The summed E-state index contributed by atoms with van der Waals surface area (Å²) >= 11 is 0. The van der Waals surface area contributed by atoms with Crippen molar-refractivity contribution in [3.05, 3.63) is 36.7 Å². The van der Waals surface area contributed by atoms with Crippen molar-refractivity contribution in [2.45, 2.75) is 18.9 Å². The summed E-state index contributed by atoms with van der Waals surface area (Å²) in [4.78, 5) is 0. The van der Waals surface area contributed by atoms with Gasteiger partial charge in [0.05, 0.1) is 18.8 Å². The smallest absolute Gasteiger partial charge is 0.0753 e. The Labute approximate surface area is 106 Å². The third-order valence-electron chi connectivity index (χ3n) is 3.33. The van der Waals surface area contributed by atoms with Gasteiger partial charge in [0.25, 0.3) is 0 Å². The molecular weight excluding hydrogens is 226 g/mol. The van der Waals surface area contributed by atoms with E-state index in [0.29, 0.717) is 6.04 Å². The van der Waals surface area contributed by atoms with Crippen molar-refractivity contribution in [3.8, 4) is 11.1 Å². The zero-order valence-corrected chi connectivity index (χ0v) is 10.2. The van der Waals surface area contributed by atoms with Gasteiger partial charge in [-0.15, -0.1) is 0 Å². The number of hydrogen-bond acceptors (Lipinski definition) is 3. The van der Waals surface area contributed by atoms with Crippen LogP contribution in [0.4, 0.5) is 5.69 Å². The van der Waals surface area contributed by atoms with Crippen LogP contribution in [-0.2, 0) is 4.74 Å². The number of hydrogen-bond donors (Lipinski definition) is 1. The Hall–Kier alpha value is -1.81. The molecule has 1 unspecified atom stereocenters. The molecule has 2 heterocycles. The zero-order valence-electron chi connectivity index (χ0n) is 10.2. The lowest BCUT2D eigenvalue weighted by atomic mass is 10.1. The van der Waals surface area contributed by atoms with Gasteiger partial charge in [-0.2, -0.15) is 5.10 Å². The molecule has 1 aliphatic heterocycles. The first kappa shape index (κ1) is 11.3. The van der Waals surface area contributed by atoms with Gasteiger partial charge in [-0.05, 0) is 30.5 Å². The Morgan fingerprint density at radius 1 is 1.33 bits per heavy atom. The summed E-state index contributed by atoms with van der Waals surface area (Å²) in [6.45, 7) is 1.64. The number of nitrogens with two attached hydrogens (primary N) is 1. The second kappa shape index (κ2) is 4.82. The van der Waals surface area contributed by atoms with E-state index >= 15 is 0 Å². The van der Waals surface area contributed by atoms with Crippen LogP contribution in [-0.4, -0.2) is 23.0 Å². The van der Waals surface area contributed by atoms with E-state index < -0.39 is 0 Å². The highest BCUT2D eigenvalue weighted by molar-refractivity contribution is 5.65. The Bertz CT molecular complexity index is 529. The maximum absolute atomic E-state index is 5.80. The van der Waals surface area contributed by atoms with Crippen LogP contribution in [0.2, 0.25) is 0 Å². The summed E-state index contributed by atoms with van der Waals surface area (Å²) in [6, 6.07) is 8.25. The van der Waals surface area contributed by atoms with Crippen molar-refractivity contribution >= 4 is 5.69 Å². The molecule has 0 saturated carbocycles. The van der Waals surface area contributed by atoms with E-state index in [1.807, 2.05) is 29.1 Å². The van der Waals surface area contributed by atoms with Crippen molar-refractivity contribution < 1.29 is 4.74 Å². The molecule has 94 valence electrons. The van der Waals surface area contributed by atoms with Crippen LogP contribution in [0.3, 0.4) is 0 Å². The van der Waals surface area contributed by atoms with Crippen LogP contribution in [0.5, 0.6) is 0 Å². The summed E-state index contributed by atoms with van der Waals surface area (Å²) in [5, 5.41) is 4.44. The predicted molar refractivity (Wildman–Crippen MR) is 71.2 cm³/mol. The lowest BCUT2D eigenvalue weighted by Gasteiger charge is -2.22. The molecule has 1 saturated heterocycles. The van der Waals surface area contributed by atoms with Gasteiger partial charge in [0.15, 0.2) is 0 Å². The molecule has 18 heavy (non-hydrogen) atoms. The number of ether oxygens (including phenoxy) is 1. The number of benzene rings is 1. The van der Waals surface area contributed by atoms with Crippen LogP contribution in [0.15, 0.2) is 36.7 Å². The molecule has 3 rings (SSSR count). The normalized spacial score (nSPS) is 19.9. The van der Waals surface area contributed by atoms with Crippen LogP contribution in [0.1, 0.15) is 18.9 Å². The van der Waals surface area contributed by atoms with Gasteiger partial charge < -0.3 is 10.5 Å². The second-order valence-corrected chi connectivity index (χ2v) is 4.71. The monoisotopic (exact) mass is 243 g/mol. The number of nitrogen functional groups attached to an aromatic ring is 1. The minimum Gasteiger partial charge on any atom is -0.399 e. The molecule has 2 N–H and O–H groups in total. The van der Waals surface area contributed by atoms with E-state index in [9.17, 15) is 0 Å². The Morgan fingerprint density at radius 3 is 3.06 bits per heavy atom. The highest BCUT2D eigenvalue weighted by Gasteiger charge is 2.16. The first-order valence-electron chi connectivity index (χ1n) is 6.31.